The van der Waals surface area contributed by atoms with E-state index in [0.717, 1.165) is 0 Å². The van der Waals surface area contributed by atoms with E-state index in [2.05, 4.69) is 25.3 Å². The first kappa shape index (κ1) is 17.6. The Hall–Kier alpha value is -0.360. The highest BCUT2D eigenvalue weighted by Gasteiger charge is 2.36. The summed E-state index contributed by atoms with van der Waals surface area (Å²) < 4.78 is 10.4. The predicted molar refractivity (Wildman–Crippen MR) is 77.2 cm³/mol. The van der Waals surface area contributed by atoms with Gasteiger partial charge in [0.25, 0.3) is 0 Å². The smallest absolute Gasteiger partial charge is 0.315 e. The summed E-state index contributed by atoms with van der Waals surface area (Å²) in [5.41, 5.74) is -0.453. The average molecular weight is 294 g/mol. The molecule has 18 heavy (non-hydrogen) atoms. The molecular weight excluding hydrogens is 272 g/mol. The third-order valence-electron chi connectivity index (χ3n) is 2.50. The molecule has 4 nitrogen and oxygen atoms in total. The van der Waals surface area contributed by atoms with Crippen LogP contribution < -0.4 is 0 Å². The van der Waals surface area contributed by atoms with Gasteiger partial charge in [0.1, 0.15) is 6.10 Å². The molecule has 0 radical (unpaired) electrons. The number of hydrogen-bond donors (Lipinski definition) is 2. The Balaban J connectivity index is 4.65. The van der Waals surface area contributed by atoms with E-state index in [1.807, 2.05) is 27.7 Å². The van der Waals surface area contributed by atoms with E-state index in [1.165, 1.54) is 0 Å². The van der Waals surface area contributed by atoms with Crippen LogP contribution in [0.25, 0.3) is 0 Å². The maximum Gasteiger partial charge on any atom is 0.315 e. The number of rotatable bonds is 7. The molecule has 0 bridgehead atoms. The lowest BCUT2D eigenvalue weighted by Crippen LogP contribution is -2.42. The summed E-state index contributed by atoms with van der Waals surface area (Å²) in [4.78, 5) is 22.5. The highest BCUT2D eigenvalue weighted by atomic mass is 32.1. The van der Waals surface area contributed by atoms with Gasteiger partial charge < -0.3 is 9.47 Å². The largest absolute Gasteiger partial charge is 0.464 e. The van der Waals surface area contributed by atoms with Gasteiger partial charge in [-0.3, -0.25) is 9.59 Å². The Morgan fingerprint density at radius 2 is 1.61 bits per heavy atom. The molecule has 6 heteroatoms. The van der Waals surface area contributed by atoms with Crippen molar-refractivity contribution < 1.29 is 19.1 Å². The zero-order chi connectivity index (χ0) is 14.3. The minimum Gasteiger partial charge on any atom is -0.464 e. The van der Waals surface area contributed by atoms with E-state index in [4.69, 9.17) is 9.47 Å². The van der Waals surface area contributed by atoms with Crippen LogP contribution in [0.4, 0.5) is 0 Å². The fourth-order valence-corrected chi connectivity index (χ4v) is 1.94. The first-order chi connectivity index (χ1) is 8.24. The molecule has 0 saturated carbocycles. The van der Waals surface area contributed by atoms with Gasteiger partial charge in [-0.25, -0.2) is 0 Å². The van der Waals surface area contributed by atoms with Crippen LogP contribution in [0.15, 0.2) is 0 Å². The number of carbonyl (C=O) groups is 2. The molecule has 106 valence electrons. The molecule has 0 aliphatic carbocycles. The predicted octanol–water partition coefficient (Wildman–Crippen LogP) is 1.98. The maximum absolute atomic E-state index is 11.3. The molecule has 0 rings (SSSR count). The van der Waals surface area contributed by atoms with Gasteiger partial charge in [-0.15, -0.1) is 0 Å². The monoisotopic (exact) mass is 294 g/mol. The summed E-state index contributed by atoms with van der Waals surface area (Å²) in [7, 11) is 0. The molecule has 0 aromatic rings. The Morgan fingerprint density at radius 3 is 2.00 bits per heavy atom. The van der Waals surface area contributed by atoms with Gasteiger partial charge in [-0.05, 0) is 5.92 Å². The summed E-state index contributed by atoms with van der Waals surface area (Å²) in [5.74, 6) is -0.548. The SMILES string of the molecule is CC(C)C(OC(=O)CS)C(C)(C)COC(=O)CS. The van der Waals surface area contributed by atoms with Crippen molar-refractivity contribution in [3.63, 3.8) is 0 Å². The lowest BCUT2D eigenvalue weighted by molar-refractivity contribution is -0.162. The van der Waals surface area contributed by atoms with Crippen LogP contribution in [0, 0.1) is 11.3 Å². The molecule has 0 aromatic heterocycles. The Bertz CT molecular complexity index is 290. The number of thiol groups is 2. The second-order valence-electron chi connectivity index (χ2n) is 5.12. The normalized spacial score (nSPS) is 13.3. The van der Waals surface area contributed by atoms with Gasteiger partial charge in [-0.2, -0.15) is 25.3 Å². The molecule has 0 aliphatic heterocycles. The van der Waals surface area contributed by atoms with Crippen LogP contribution in [-0.2, 0) is 19.1 Å². The molecule has 0 aliphatic rings. The second kappa shape index (κ2) is 7.94. The number of hydrogen-bond acceptors (Lipinski definition) is 6. The minimum absolute atomic E-state index is 0.0374. The van der Waals surface area contributed by atoms with E-state index in [9.17, 15) is 9.59 Å². The lowest BCUT2D eigenvalue weighted by atomic mass is 9.81. The zero-order valence-electron chi connectivity index (χ0n) is 11.3. The van der Waals surface area contributed by atoms with Crippen LogP contribution in [0.3, 0.4) is 0 Å². The minimum atomic E-state index is -0.453. The first-order valence-corrected chi connectivity index (χ1v) is 7.08. The highest BCUT2D eigenvalue weighted by Crippen LogP contribution is 2.29. The van der Waals surface area contributed by atoms with Crippen LogP contribution in [0.2, 0.25) is 0 Å². The molecule has 0 aromatic carbocycles. The van der Waals surface area contributed by atoms with E-state index in [1.54, 1.807) is 0 Å². The molecule has 1 atom stereocenters. The van der Waals surface area contributed by atoms with Crippen molar-refractivity contribution in [1.29, 1.82) is 0 Å². The van der Waals surface area contributed by atoms with Crippen LogP contribution >= 0.6 is 25.3 Å². The third-order valence-corrected chi connectivity index (χ3v) is 3.01. The topological polar surface area (TPSA) is 52.6 Å². The van der Waals surface area contributed by atoms with Crippen molar-refractivity contribution in [3.8, 4) is 0 Å². The first-order valence-electron chi connectivity index (χ1n) is 5.81. The summed E-state index contributed by atoms with van der Waals surface area (Å²) >= 11 is 7.72. The van der Waals surface area contributed by atoms with E-state index >= 15 is 0 Å². The summed E-state index contributed by atoms with van der Waals surface area (Å²) in [6, 6.07) is 0. The Kier molecular flexibility index (Phi) is 7.78. The fraction of sp³-hybridized carbons (Fsp3) is 0.833. The van der Waals surface area contributed by atoms with Gasteiger partial charge in [0.15, 0.2) is 0 Å². The summed E-state index contributed by atoms with van der Waals surface area (Å²) in [6.07, 6.45) is -0.329. The summed E-state index contributed by atoms with van der Waals surface area (Å²) in [6.45, 7) is 7.90. The van der Waals surface area contributed by atoms with Crippen LogP contribution in [0.1, 0.15) is 27.7 Å². The Labute approximate surface area is 120 Å². The Morgan fingerprint density at radius 1 is 1.11 bits per heavy atom. The summed E-state index contributed by atoms with van der Waals surface area (Å²) in [5, 5.41) is 0. The molecule has 0 amide bonds. The molecule has 0 fully saturated rings. The van der Waals surface area contributed by atoms with E-state index < -0.39 is 5.41 Å². The van der Waals surface area contributed by atoms with Gasteiger partial charge in [-0.1, -0.05) is 27.7 Å². The lowest BCUT2D eigenvalue weighted by Gasteiger charge is -2.35. The van der Waals surface area contributed by atoms with Crippen molar-refractivity contribution in [3.05, 3.63) is 0 Å². The molecule has 1 unspecified atom stereocenters. The standard InChI is InChI=1S/C12H22O4S2/c1-8(2)11(16-10(14)6-18)12(3,4)7-15-9(13)5-17/h8,11,17-18H,5-7H2,1-4H3. The molecule has 0 spiro atoms. The third kappa shape index (κ3) is 6.00. The van der Waals surface area contributed by atoms with Gasteiger partial charge >= 0.3 is 11.9 Å². The van der Waals surface area contributed by atoms with Gasteiger partial charge in [0, 0.05) is 5.41 Å². The number of carbonyl (C=O) groups excluding carboxylic acids is 2. The molecule has 0 N–H and O–H groups in total. The van der Waals surface area contributed by atoms with E-state index in [0.29, 0.717) is 0 Å². The number of ether oxygens (including phenoxy) is 2. The highest BCUT2D eigenvalue weighted by molar-refractivity contribution is 7.81. The zero-order valence-corrected chi connectivity index (χ0v) is 13.1. The van der Waals surface area contributed by atoms with Crippen molar-refractivity contribution >= 4 is 37.2 Å². The second-order valence-corrected chi connectivity index (χ2v) is 5.75. The van der Waals surface area contributed by atoms with Gasteiger partial charge in [0.2, 0.25) is 0 Å². The van der Waals surface area contributed by atoms with Crippen molar-refractivity contribution in [2.24, 2.45) is 11.3 Å². The average Bonchev–Trinajstić information content (AvgIpc) is 2.31. The van der Waals surface area contributed by atoms with Crippen molar-refractivity contribution in [1.82, 2.24) is 0 Å². The molecular formula is C12H22O4S2. The van der Waals surface area contributed by atoms with Crippen LogP contribution in [0.5, 0.6) is 0 Å². The molecule has 0 saturated heterocycles. The quantitative estimate of drug-likeness (QED) is 0.557. The maximum atomic E-state index is 11.3. The molecule has 0 heterocycles. The van der Waals surface area contributed by atoms with Crippen molar-refractivity contribution in [2.75, 3.05) is 18.1 Å². The van der Waals surface area contributed by atoms with Crippen molar-refractivity contribution in [2.45, 2.75) is 33.8 Å². The van der Waals surface area contributed by atoms with Crippen LogP contribution in [-0.4, -0.2) is 36.2 Å². The fourth-order valence-electron chi connectivity index (χ4n) is 1.77. The number of esters is 2. The van der Waals surface area contributed by atoms with Gasteiger partial charge in [0.05, 0.1) is 18.1 Å². The van der Waals surface area contributed by atoms with E-state index in [-0.39, 0.29) is 42.1 Å².